The van der Waals surface area contributed by atoms with E-state index in [1.165, 1.54) is 20.9 Å². The molecule has 0 saturated carbocycles. The van der Waals surface area contributed by atoms with Crippen molar-refractivity contribution in [2.24, 2.45) is 0 Å². The minimum Gasteiger partial charge on any atom is -0.179 e. The zero-order chi connectivity index (χ0) is 18.4. The van der Waals surface area contributed by atoms with Gasteiger partial charge in [0.15, 0.2) is 0 Å². The molecule has 0 nitrogen and oxygen atoms in total. The molecule has 1 heteroatoms. The first-order valence-corrected chi connectivity index (χ1v) is 11.3. The van der Waals surface area contributed by atoms with Crippen LogP contribution in [0.5, 0.6) is 0 Å². The summed E-state index contributed by atoms with van der Waals surface area (Å²) in [6.07, 6.45) is 0. The van der Waals surface area contributed by atoms with Crippen LogP contribution in [0.15, 0.2) is 131 Å². The van der Waals surface area contributed by atoms with Gasteiger partial charge in [-0.25, -0.2) is 0 Å². The molecular weight excluding hydrogens is 344 g/mol. The number of benzene rings is 4. The van der Waals surface area contributed by atoms with Crippen molar-refractivity contribution in [3.05, 3.63) is 132 Å². The number of rotatable bonds is 6. The SMILES string of the molecule is c1ccc(CS(Cc2ccccc2)(c2ccccc2)c2ccccc2)cc1. The first-order valence-electron chi connectivity index (χ1n) is 9.34. The molecule has 0 aromatic heterocycles. The lowest BCUT2D eigenvalue weighted by molar-refractivity contribution is 1.22. The van der Waals surface area contributed by atoms with E-state index < -0.39 is 10.0 Å². The van der Waals surface area contributed by atoms with Gasteiger partial charge in [-0.05, 0) is 45.2 Å². The molecule has 0 heterocycles. The van der Waals surface area contributed by atoms with E-state index in [0.717, 1.165) is 11.5 Å². The van der Waals surface area contributed by atoms with Gasteiger partial charge in [-0.2, -0.15) is 10.0 Å². The van der Waals surface area contributed by atoms with Gasteiger partial charge in [-0.1, -0.05) is 97.1 Å². The number of hydrogen-bond donors (Lipinski definition) is 0. The second-order valence-electron chi connectivity index (χ2n) is 6.77. The lowest BCUT2D eigenvalue weighted by Crippen LogP contribution is -2.09. The lowest BCUT2D eigenvalue weighted by Gasteiger charge is -2.41. The van der Waals surface area contributed by atoms with Crippen molar-refractivity contribution < 1.29 is 0 Å². The van der Waals surface area contributed by atoms with Crippen molar-refractivity contribution in [3.8, 4) is 0 Å². The van der Waals surface area contributed by atoms with Gasteiger partial charge < -0.3 is 0 Å². The molecular formula is C26H24S. The monoisotopic (exact) mass is 368 g/mol. The van der Waals surface area contributed by atoms with Gasteiger partial charge in [-0.3, -0.25) is 0 Å². The zero-order valence-electron chi connectivity index (χ0n) is 15.4. The Hall–Kier alpha value is -2.77. The summed E-state index contributed by atoms with van der Waals surface area (Å²) in [7, 11) is -1.26. The minimum absolute atomic E-state index is 1.05. The first-order chi connectivity index (χ1) is 13.4. The molecule has 4 aromatic rings. The summed E-state index contributed by atoms with van der Waals surface area (Å²) in [4.78, 5) is 2.90. The van der Waals surface area contributed by atoms with Gasteiger partial charge in [0, 0.05) is 11.5 Å². The summed E-state index contributed by atoms with van der Waals surface area (Å²) in [5.74, 6) is 2.10. The topological polar surface area (TPSA) is 0 Å². The molecule has 0 N–H and O–H groups in total. The van der Waals surface area contributed by atoms with E-state index in [4.69, 9.17) is 0 Å². The van der Waals surface area contributed by atoms with E-state index in [9.17, 15) is 0 Å². The average Bonchev–Trinajstić information content (AvgIpc) is 2.76. The van der Waals surface area contributed by atoms with Crippen LogP contribution in [-0.4, -0.2) is 0 Å². The Labute approximate surface area is 163 Å². The van der Waals surface area contributed by atoms with Crippen LogP contribution < -0.4 is 0 Å². The highest BCUT2D eigenvalue weighted by Gasteiger charge is 2.29. The lowest BCUT2D eigenvalue weighted by atomic mass is 10.2. The van der Waals surface area contributed by atoms with Crippen LogP contribution in [0, 0.1) is 0 Å². The third-order valence-corrected chi connectivity index (χ3v) is 8.90. The fourth-order valence-electron chi connectivity index (χ4n) is 3.60. The van der Waals surface area contributed by atoms with Crippen molar-refractivity contribution in [3.63, 3.8) is 0 Å². The second-order valence-corrected chi connectivity index (χ2v) is 10.1. The summed E-state index contributed by atoms with van der Waals surface area (Å²) in [6.45, 7) is 0. The van der Waals surface area contributed by atoms with Crippen LogP contribution in [0.1, 0.15) is 11.1 Å². The highest BCUT2D eigenvalue weighted by molar-refractivity contribution is 8.32. The molecule has 0 radical (unpaired) electrons. The molecule has 0 aliphatic carbocycles. The summed E-state index contributed by atoms with van der Waals surface area (Å²) in [5.41, 5.74) is 2.80. The van der Waals surface area contributed by atoms with Crippen molar-refractivity contribution in [1.82, 2.24) is 0 Å². The van der Waals surface area contributed by atoms with Crippen LogP contribution in [0.3, 0.4) is 0 Å². The molecule has 0 amide bonds. The van der Waals surface area contributed by atoms with E-state index in [2.05, 4.69) is 121 Å². The summed E-state index contributed by atoms with van der Waals surface area (Å²) < 4.78 is 0. The molecule has 4 rings (SSSR count). The largest absolute Gasteiger partial charge is 0.179 e. The summed E-state index contributed by atoms with van der Waals surface area (Å²) in [5, 5.41) is 0. The van der Waals surface area contributed by atoms with Crippen LogP contribution >= 0.6 is 10.0 Å². The first kappa shape index (κ1) is 17.6. The van der Waals surface area contributed by atoms with Gasteiger partial charge in [0.05, 0.1) is 0 Å². The maximum absolute atomic E-state index is 2.31. The second kappa shape index (κ2) is 8.28. The van der Waals surface area contributed by atoms with Gasteiger partial charge in [0.2, 0.25) is 0 Å². The Morgan fingerprint density at radius 2 is 0.667 bits per heavy atom. The highest BCUT2D eigenvalue weighted by atomic mass is 32.3. The van der Waals surface area contributed by atoms with Gasteiger partial charge in [0.1, 0.15) is 0 Å². The molecule has 0 spiro atoms. The van der Waals surface area contributed by atoms with Crippen LogP contribution in [0.25, 0.3) is 0 Å². The van der Waals surface area contributed by atoms with E-state index >= 15 is 0 Å². The molecule has 0 fully saturated rings. The fourth-order valence-corrected chi connectivity index (χ4v) is 7.52. The quantitative estimate of drug-likeness (QED) is 0.335. The van der Waals surface area contributed by atoms with E-state index in [1.807, 2.05) is 0 Å². The Kier molecular flexibility index (Phi) is 5.41. The summed E-state index contributed by atoms with van der Waals surface area (Å²) >= 11 is 0. The van der Waals surface area contributed by atoms with E-state index in [0.29, 0.717) is 0 Å². The van der Waals surface area contributed by atoms with Gasteiger partial charge in [0.25, 0.3) is 0 Å². The molecule has 0 aliphatic heterocycles. The average molecular weight is 369 g/mol. The normalized spacial score (nSPS) is 11.9. The third kappa shape index (κ3) is 3.99. The van der Waals surface area contributed by atoms with Crippen molar-refractivity contribution in [2.75, 3.05) is 0 Å². The van der Waals surface area contributed by atoms with E-state index in [-0.39, 0.29) is 0 Å². The standard InChI is InChI=1S/C26H24S/c1-5-13-23(14-6-1)21-27(25-17-9-3-10-18-25,26-19-11-4-12-20-26)22-24-15-7-2-8-16-24/h1-20H,21-22H2. The Bertz CT molecular complexity index is 865. The Morgan fingerprint density at radius 1 is 0.370 bits per heavy atom. The van der Waals surface area contributed by atoms with Crippen LogP contribution in [-0.2, 0) is 11.5 Å². The molecule has 4 aromatic carbocycles. The molecule has 0 atom stereocenters. The molecule has 27 heavy (non-hydrogen) atoms. The third-order valence-electron chi connectivity index (χ3n) is 4.90. The molecule has 0 unspecified atom stereocenters. The predicted molar refractivity (Wildman–Crippen MR) is 117 cm³/mol. The molecule has 0 aliphatic rings. The van der Waals surface area contributed by atoms with Crippen LogP contribution in [0.2, 0.25) is 0 Å². The van der Waals surface area contributed by atoms with Crippen molar-refractivity contribution in [1.29, 1.82) is 0 Å². The smallest absolute Gasteiger partial charge is 0.0107 e. The maximum Gasteiger partial charge on any atom is 0.0107 e. The Morgan fingerprint density at radius 3 is 1.00 bits per heavy atom. The Balaban J connectivity index is 1.90. The predicted octanol–water partition coefficient (Wildman–Crippen LogP) is 7.31. The maximum atomic E-state index is 2.31. The van der Waals surface area contributed by atoms with Gasteiger partial charge in [-0.15, -0.1) is 0 Å². The minimum atomic E-state index is -1.26. The van der Waals surface area contributed by atoms with E-state index in [1.54, 1.807) is 0 Å². The zero-order valence-corrected chi connectivity index (χ0v) is 16.2. The molecule has 134 valence electrons. The fraction of sp³-hybridized carbons (Fsp3) is 0.0769. The van der Waals surface area contributed by atoms with Gasteiger partial charge >= 0.3 is 0 Å². The van der Waals surface area contributed by atoms with Crippen LogP contribution in [0.4, 0.5) is 0 Å². The number of hydrogen-bond acceptors (Lipinski definition) is 0. The summed E-state index contributed by atoms with van der Waals surface area (Å²) in [6, 6.07) is 44.0. The molecule has 0 bridgehead atoms. The van der Waals surface area contributed by atoms with Crippen molar-refractivity contribution >= 4 is 10.0 Å². The molecule has 0 saturated heterocycles. The highest BCUT2D eigenvalue weighted by Crippen LogP contribution is 2.66. The van der Waals surface area contributed by atoms with Crippen molar-refractivity contribution in [2.45, 2.75) is 21.3 Å².